The Labute approximate surface area is 162 Å². The summed E-state index contributed by atoms with van der Waals surface area (Å²) in [6.45, 7) is 5.98. The average Bonchev–Trinajstić information content (AvgIpc) is 3.08. The van der Waals surface area contributed by atoms with Crippen molar-refractivity contribution in [1.29, 1.82) is 0 Å². The second kappa shape index (κ2) is 8.16. The van der Waals surface area contributed by atoms with Crippen LogP contribution in [0.3, 0.4) is 0 Å². The lowest BCUT2D eigenvalue weighted by Crippen LogP contribution is -2.14. The Balaban J connectivity index is 1.48. The summed E-state index contributed by atoms with van der Waals surface area (Å²) in [4.78, 5) is 5.02. The van der Waals surface area contributed by atoms with Gasteiger partial charge in [-0.1, -0.05) is 43.5 Å². The zero-order chi connectivity index (χ0) is 18.6. The van der Waals surface area contributed by atoms with E-state index in [4.69, 9.17) is 9.72 Å². The summed E-state index contributed by atoms with van der Waals surface area (Å²) in [6, 6.07) is 14.8. The van der Waals surface area contributed by atoms with Gasteiger partial charge < -0.3 is 9.30 Å². The second-order valence-electron chi connectivity index (χ2n) is 7.85. The standard InChI is InChI=1S/C24H30N2O/c1-18-10-8-15-23(19(18)2)27-17-9-16-26-22-14-7-6-13-21(22)25-24(26)20-11-4-3-5-12-20/h6-8,10,13-15,20H,3-5,9,11-12,16-17H2,1-2H3. The van der Waals surface area contributed by atoms with Gasteiger partial charge in [-0.3, -0.25) is 0 Å². The van der Waals surface area contributed by atoms with E-state index in [-0.39, 0.29) is 0 Å². The summed E-state index contributed by atoms with van der Waals surface area (Å²) < 4.78 is 8.54. The molecule has 0 saturated heterocycles. The highest BCUT2D eigenvalue weighted by atomic mass is 16.5. The van der Waals surface area contributed by atoms with Crippen LogP contribution in [0.4, 0.5) is 0 Å². The molecule has 1 aromatic heterocycles. The molecule has 3 nitrogen and oxygen atoms in total. The van der Waals surface area contributed by atoms with Crippen molar-refractivity contribution in [2.24, 2.45) is 0 Å². The Morgan fingerprint density at radius 2 is 1.81 bits per heavy atom. The number of hydrogen-bond acceptors (Lipinski definition) is 2. The van der Waals surface area contributed by atoms with Crippen LogP contribution in [0, 0.1) is 13.8 Å². The molecule has 0 atom stereocenters. The molecule has 1 fully saturated rings. The van der Waals surface area contributed by atoms with E-state index in [2.05, 4.69) is 60.9 Å². The van der Waals surface area contributed by atoms with Crippen LogP contribution in [0.1, 0.15) is 61.4 Å². The largest absolute Gasteiger partial charge is 0.493 e. The molecule has 3 heteroatoms. The number of aryl methyl sites for hydroxylation is 2. The molecule has 142 valence electrons. The highest BCUT2D eigenvalue weighted by Crippen LogP contribution is 2.34. The minimum atomic E-state index is 0.617. The summed E-state index contributed by atoms with van der Waals surface area (Å²) in [7, 11) is 0. The molecule has 3 aromatic rings. The molecule has 0 aliphatic heterocycles. The van der Waals surface area contributed by atoms with Crippen LogP contribution in [0.25, 0.3) is 11.0 Å². The van der Waals surface area contributed by atoms with Gasteiger partial charge in [0.1, 0.15) is 11.6 Å². The maximum absolute atomic E-state index is 6.08. The van der Waals surface area contributed by atoms with E-state index in [0.717, 1.165) is 30.8 Å². The molecule has 0 radical (unpaired) electrons. The molecule has 0 unspecified atom stereocenters. The number of hydrogen-bond donors (Lipinski definition) is 0. The Morgan fingerprint density at radius 3 is 2.67 bits per heavy atom. The molecule has 27 heavy (non-hydrogen) atoms. The van der Waals surface area contributed by atoms with Gasteiger partial charge in [0, 0.05) is 12.5 Å². The zero-order valence-electron chi connectivity index (χ0n) is 16.6. The first-order valence-corrected chi connectivity index (χ1v) is 10.4. The van der Waals surface area contributed by atoms with Gasteiger partial charge in [-0.15, -0.1) is 0 Å². The fourth-order valence-electron chi connectivity index (χ4n) is 4.29. The first-order valence-electron chi connectivity index (χ1n) is 10.4. The van der Waals surface area contributed by atoms with Crippen molar-refractivity contribution in [3.63, 3.8) is 0 Å². The minimum Gasteiger partial charge on any atom is -0.493 e. The Morgan fingerprint density at radius 1 is 1.00 bits per heavy atom. The normalized spacial score (nSPS) is 15.3. The summed E-state index contributed by atoms with van der Waals surface area (Å²) in [5, 5.41) is 0. The van der Waals surface area contributed by atoms with Gasteiger partial charge in [-0.2, -0.15) is 0 Å². The van der Waals surface area contributed by atoms with E-state index in [1.807, 2.05) is 0 Å². The van der Waals surface area contributed by atoms with Crippen LogP contribution in [0.5, 0.6) is 5.75 Å². The van der Waals surface area contributed by atoms with Gasteiger partial charge in [-0.25, -0.2) is 4.98 Å². The summed E-state index contributed by atoms with van der Waals surface area (Å²) in [5.41, 5.74) is 4.93. The Kier molecular flexibility index (Phi) is 5.47. The van der Waals surface area contributed by atoms with E-state index < -0.39 is 0 Å². The van der Waals surface area contributed by atoms with Crippen LogP contribution >= 0.6 is 0 Å². The van der Waals surface area contributed by atoms with Gasteiger partial charge in [0.05, 0.1) is 17.6 Å². The SMILES string of the molecule is Cc1cccc(OCCCn2c(C3CCCCC3)nc3ccccc32)c1C. The number of nitrogens with zero attached hydrogens (tertiary/aromatic N) is 2. The first-order chi connectivity index (χ1) is 13.2. The third-order valence-electron chi connectivity index (χ3n) is 5.99. The summed E-state index contributed by atoms with van der Waals surface area (Å²) in [5.74, 6) is 2.92. The molecule has 1 saturated carbocycles. The summed E-state index contributed by atoms with van der Waals surface area (Å²) >= 11 is 0. The number of ether oxygens (including phenoxy) is 1. The monoisotopic (exact) mass is 362 g/mol. The molecule has 0 spiro atoms. The number of para-hydroxylation sites is 2. The number of fused-ring (bicyclic) bond motifs is 1. The van der Waals surface area contributed by atoms with Crippen LogP contribution < -0.4 is 4.74 Å². The summed E-state index contributed by atoms with van der Waals surface area (Å²) in [6.07, 6.45) is 7.60. The lowest BCUT2D eigenvalue weighted by molar-refractivity contribution is 0.298. The molecule has 1 heterocycles. The highest BCUT2D eigenvalue weighted by Gasteiger charge is 2.22. The molecule has 2 aromatic carbocycles. The van der Waals surface area contributed by atoms with Crippen molar-refractivity contribution in [3.05, 3.63) is 59.4 Å². The lowest BCUT2D eigenvalue weighted by Gasteiger charge is -2.22. The molecule has 0 amide bonds. The van der Waals surface area contributed by atoms with Gasteiger partial charge in [0.15, 0.2) is 0 Å². The van der Waals surface area contributed by atoms with Gasteiger partial charge >= 0.3 is 0 Å². The molecular weight excluding hydrogens is 332 g/mol. The van der Waals surface area contributed by atoms with Gasteiger partial charge in [0.25, 0.3) is 0 Å². The number of imidazole rings is 1. The molecule has 1 aliphatic rings. The maximum atomic E-state index is 6.08. The predicted molar refractivity (Wildman–Crippen MR) is 112 cm³/mol. The zero-order valence-corrected chi connectivity index (χ0v) is 16.6. The molecule has 1 aliphatic carbocycles. The third kappa shape index (κ3) is 3.87. The second-order valence-corrected chi connectivity index (χ2v) is 7.85. The minimum absolute atomic E-state index is 0.617. The van der Waals surface area contributed by atoms with Crippen molar-refractivity contribution in [2.45, 2.75) is 64.8 Å². The number of aromatic nitrogens is 2. The van der Waals surface area contributed by atoms with Crippen molar-refractivity contribution >= 4 is 11.0 Å². The van der Waals surface area contributed by atoms with Crippen LogP contribution in [-0.2, 0) is 6.54 Å². The molecule has 0 N–H and O–H groups in total. The first kappa shape index (κ1) is 18.1. The average molecular weight is 363 g/mol. The molecule has 4 rings (SSSR count). The fraction of sp³-hybridized carbons (Fsp3) is 0.458. The molecular formula is C24H30N2O. The van der Waals surface area contributed by atoms with E-state index in [1.165, 1.54) is 54.6 Å². The van der Waals surface area contributed by atoms with Gasteiger partial charge in [-0.05, 0) is 62.4 Å². The van der Waals surface area contributed by atoms with E-state index >= 15 is 0 Å². The van der Waals surface area contributed by atoms with E-state index in [0.29, 0.717) is 5.92 Å². The van der Waals surface area contributed by atoms with Crippen LogP contribution in [0.15, 0.2) is 42.5 Å². The number of rotatable bonds is 6. The van der Waals surface area contributed by atoms with Crippen molar-refractivity contribution in [1.82, 2.24) is 9.55 Å². The Bertz CT molecular complexity index is 906. The van der Waals surface area contributed by atoms with Crippen LogP contribution in [0.2, 0.25) is 0 Å². The smallest absolute Gasteiger partial charge is 0.122 e. The topological polar surface area (TPSA) is 27.1 Å². The van der Waals surface area contributed by atoms with Gasteiger partial charge in [0.2, 0.25) is 0 Å². The quantitative estimate of drug-likeness (QED) is 0.490. The van der Waals surface area contributed by atoms with E-state index in [1.54, 1.807) is 0 Å². The van der Waals surface area contributed by atoms with Crippen LogP contribution in [-0.4, -0.2) is 16.2 Å². The fourth-order valence-corrected chi connectivity index (χ4v) is 4.29. The maximum Gasteiger partial charge on any atom is 0.122 e. The van der Waals surface area contributed by atoms with Crippen molar-refractivity contribution in [3.8, 4) is 5.75 Å². The van der Waals surface area contributed by atoms with E-state index in [9.17, 15) is 0 Å². The molecule has 0 bridgehead atoms. The van der Waals surface area contributed by atoms with Crippen molar-refractivity contribution < 1.29 is 4.74 Å². The lowest BCUT2D eigenvalue weighted by atomic mass is 9.88. The third-order valence-corrected chi connectivity index (χ3v) is 5.99. The Hall–Kier alpha value is -2.29. The predicted octanol–water partition coefficient (Wildman–Crippen LogP) is 6.17. The highest BCUT2D eigenvalue weighted by molar-refractivity contribution is 5.76. The van der Waals surface area contributed by atoms with Crippen molar-refractivity contribution in [2.75, 3.05) is 6.61 Å². The number of benzene rings is 2.